The lowest BCUT2D eigenvalue weighted by atomic mass is 10.2. The summed E-state index contributed by atoms with van der Waals surface area (Å²) in [5, 5.41) is 12.9. The van der Waals surface area contributed by atoms with Crippen LogP contribution in [0.5, 0.6) is 5.75 Å². The lowest BCUT2D eigenvalue weighted by Gasteiger charge is -2.17. The van der Waals surface area contributed by atoms with Crippen molar-refractivity contribution in [3.8, 4) is 5.75 Å². The molecule has 1 aliphatic heterocycles. The minimum Gasteiger partial charge on any atom is -0.479 e. The van der Waals surface area contributed by atoms with Crippen LogP contribution in [0.1, 0.15) is 28.8 Å². The number of hydrogen-bond acceptors (Lipinski definition) is 5. The maximum Gasteiger partial charge on any atom is 0.341 e. The van der Waals surface area contributed by atoms with Gasteiger partial charge in [0.05, 0.1) is 15.7 Å². The number of halogens is 2. The van der Waals surface area contributed by atoms with Crippen molar-refractivity contribution in [3.63, 3.8) is 0 Å². The van der Waals surface area contributed by atoms with Crippen LogP contribution in [0.3, 0.4) is 0 Å². The molecule has 0 atom stereocenters. The van der Waals surface area contributed by atoms with E-state index < -0.39 is 12.6 Å². The van der Waals surface area contributed by atoms with E-state index in [1.54, 1.807) is 24.3 Å². The maximum atomic E-state index is 12.3. The Labute approximate surface area is 181 Å². The second kappa shape index (κ2) is 9.76. The Morgan fingerprint density at radius 3 is 2.55 bits per heavy atom. The number of nitrogens with zero attached hydrogens (tertiary/aromatic N) is 2. The molecule has 7 nitrogen and oxygen atoms in total. The van der Waals surface area contributed by atoms with Gasteiger partial charge >= 0.3 is 5.97 Å². The maximum absolute atomic E-state index is 12.3. The highest BCUT2D eigenvalue weighted by Crippen LogP contribution is 2.34. The molecule has 2 aromatic carbocycles. The second-order valence-corrected chi connectivity index (χ2v) is 7.70. The molecule has 0 unspecified atom stereocenters. The predicted molar refractivity (Wildman–Crippen MR) is 115 cm³/mol. The summed E-state index contributed by atoms with van der Waals surface area (Å²) in [5.74, 6) is -1.19. The molecule has 1 fully saturated rings. The van der Waals surface area contributed by atoms with Crippen molar-refractivity contribution in [2.75, 3.05) is 24.6 Å². The summed E-state index contributed by atoms with van der Waals surface area (Å²) < 4.78 is 5.62. The first-order valence-electron chi connectivity index (χ1n) is 8.96. The smallest absolute Gasteiger partial charge is 0.341 e. The lowest BCUT2D eigenvalue weighted by molar-refractivity contribution is -0.139. The second-order valence-electron chi connectivity index (χ2n) is 6.44. The summed E-state index contributed by atoms with van der Waals surface area (Å²) in [4.78, 5) is 25.2. The van der Waals surface area contributed by atoms with Gasteiger partial charge in [-0.25, -0.2) is 10.2 Å². The van der Waals surface area contributed by atoms with Gasteiger partial charge in [0.1, 0.15) is 0 Å². The van der Waals surface area contributed by atoms with Crippen LogP contribution in [0.15, 0.2) is 46.0 Å². The Kier molecular flexibility index (Phi) is 7.11. The van der Waals surface area contributed by atoms with Crippen molar-refractivity contribution in [1.29, 1.82) is 0 Å². The number of nitrogens with one attached hydrogen (secondary N) is 1. The van der Waals surface area contributed by atoms with Crippen LogP contribution < -0.4 is 15.1 Å². The minimum absolute atomic E-state index is 0.228. The summed E-state index contributed by atoms with van der Waals surface area (Å²) in [5.41, 5.74) is 4.72. The van der Waals surface area contributed by atoms with E-state index in [0.29, 0.717) is 15.6 Å². The molecule has 0 saturated carbocycles. The van der Waals surface area contributed by atoms with E-state index in [-0.39, 0.29) is 16.7 Å². The number of carboxylic acid groups (broad SMARTS) is 1. The summed E-state index contributed by atoms with van der Waals surface area (Å²) in [6.45, 7) is 1.60. The summed E-state index contributed by atoms with van der Waals surface area (Å²) in [6.07, 6.45) is 3.83. The summed E-state index contributed by atoms with van der Waals surface area (Å²) >= 11 is 9.41. The molecule has 0 radical (unpaired) electrons. The van der Waals surface area contributed by atoms with Crippen molar-refractivity contribution < 1.29 is 19.4 Å². The number of amides is 1. The van der Waals surface area contributed by atoms with E-state index in [2.05, 4.69) is 31.4 Å². The number of anilines is 1. The Morgan fingerprint density at radius 2 is 1.93 bits per heavy atom. The monoisotopic (exact) mass is 479 g/mol. The van der Waals surface area contributed by atoms with Gasteiger partial charge in [0.25, 0.3) is 5.91 Å². The molecular formula is C20H19BrClN3O4. The highest BCUT2D eigenvalue weighted by molar-refractivity contribution is 9.10. The van der Waals surface area contributed by atoms with Crippen LogP contribution >= 0.6 is 27.5 Å². The molecule has 1 aliphatic rings. The third kappa shape index (κ3) is 5.71. The summed E-state index contributed by atoms with van der Waals surface area (Å²) in [7, 11) is 0. The van der Waals surface area contributed by atoms with Crippen LogP contribution in [0, 0.1) is 0 Å². The topological polar surface area (TPSA) is 91.2 Å². The molecule has 0 aliphatic carbocycles. The third-order valence-electron chi connectivity index (χ3n) is 4.34. The first kappa shape index (κ1) is 21.1. The van der Waals surface area contributed by atoms with Gasteiger partial charge in [-0.3, -0.25) is 4.79 Å². The largest absolute Gasteiger partial charge is 0.479 e. The van der Waals surface area contributed by atoms with Crippen LogP contribution in [0.25, 0.3) is 0 Å². The van der Waals surface area contributed by atoms with Crippen LogP contribution in [-0.2, 0) is 4.79 Å². The van der Waals surface area contributed by atoms with Crippen molar-refractivity contribution >= 4 is 51.3 Å². The molecular weight excluding hydrogens is 462 g/mol. The fourth-order valence-corrected chi connectivity index (χ4v) is 3.94. The van der Waals surface area contributed by atoms with E-state index in [0.717, 1.165) is 18.8 Å². The minimum atomic E-state index is -1.10. The van der Waals surface area contributed by atoms with Gasteiger partial charge in [0, 0.05) is 24.3 Å². The molecule has 152 valence electrons. The van der Waals surface area contributed by atoms with E-state index in [9.17, 15) is 9.59 Å². The first-order chi connectivity index (χ1) is 13.9. The lowest BCUT2D eigenvalue weighted by Crippen LogP contribution is -2.19. The number of carbonyl (C=O) groups is 2. The van der Waals surface area contributed by atoms with E-state index in [4.69, 9.17) is 21.4 Å². The fraction of sp³-hybridized carbons (Fsp3) is 0.250. The van der Waals surface area contributed by atoms with E-state index in [1.807, 2.05) is 12.1 Å². The predicted octanol–water partition coefficient (Wildman–Crippen LogP) is 3.93. The van der Waals surface area contributed by atoms with Gasteiger partial charge in [-0.15, -0.1) is 0 Å². The quantitative estimate of drug-likeness (QED) is 0.463. The van der Waals surface area contributed by atoms with Crippen molar-refractivity contribution in [2.45, 2.75) is 12.8 Å². The van der Waals surface area contributed by atoms with Gasteiger partial charge < -0.3 is 14.7 Å². The van der Waals surface area contributed by atoms with Crippen LogP contribution in [0.4, 0.5) is 5.69 Å². The van der Waals surface area contributed by atoms with Gasteiger partial charge in [0.15, 0.2) is 12.4 Å². The highest BCUT2D eigenvalue weighted by Gasteiger charge is 2.13. The Morgan fingerprint density at radius 1 is 1.24 bits per heavy atom. The Hall–Kier alpha value is -2.58. The Balaban J connectivity index is 1.60. The number of hydrogen-bond donors (Lipinski definition) is 2. The molecule has 9 heteroatoms. The zero-order valence-corrected chi connectivity index (χ0v) is 17.7. The standard InChI is InChI=1S/C20H19BrClN3O4/c21-16-9-13(10-17(22)19(16)29-12-18(26)27)11-23-24-20(28)14-3-5-15(6-4-14)25-7-1-2-8-25/h3-6,9-11H,1-2,7-8,12H2,(H,24,28)(H,26,27)/b23-11-. The third-order valence-corrected chi connectivity index (χ3v) is 5.21. The zero-order valence-electron chi connectivity index (χ0n) is 15.4. The van der Waals surface area contributed by atoms with E-state index in [1.165, 1.54) is 19.1 Å². The Bertz CT molecular complexity index is 905. The fourth-order valence-electron chi connectivity index (χ4n) is 2.95. The van der Waals surface area contributed by atoms with Crippen molar-refractivity contribution in [3.05, 3.63) is 57.0 Å². The van der Waals surface area contributed by atoms with Gasteiger partial charge in [-0.05, 0) is 70.7 Å². The van der Waals surface area contributed by atoms with E-state index >= 15 is 0 Å². The molecule has 0 spiro atoms. The molecule has 0 aromatic heterocycles. The van der Waals surface area contributed by atoms with Crippen LogP contribution in [-0.4, -0.2) is 42.9 Å². The number of carboxylic acids is 1. The number of hydrazone groups is 1. The molecule has 1 heterocycles. The molecule has 3 rings (SSSR count). The number of aliphatic carboxylic acids is 1. The molecule has 2 aromatic rings. The SMILES string of the molecule is O=C(O)COc1c(Cl)cc(/C=N\NC(=O)c2ccc(N3CCCC3)cc2)cc1Br. The molecule has 0 bridgehead atoms. The zero-order chi connectivity index (χ0) is 20.8. The number of carbonyl (C=O) groups excluding carboxylic acids is 1. The number of benzene rings is 2. The number of rotatable bonds is 7. The molecule has 2 N–H and O–H groups in total. The average Bonchev–Trinajstić information content (AvgIpc) is 3.22. The highest BCUT2D eigenvalue weighted by atomic mass is 79.9. The van der Waals surface area contributed by atoms with Gasteiger partial charge in [-0.2, -0.15) is 5.10 Å². The van der Waals surface area contributed by atoms with Gasteiger partial charge in [0.2, 0.25) is 0 Å². The molecule has 1 saturated heterocycles. The van der Waals surface area contributed by atoms with Crippen molar-refractivity contribution in [2.24, 2.45) is 5.10 Å². The normalized spacial score (nSPS) is 13.7. The first-order valence-corrected chi connectivity index (χ1v) is 10.1. The summed E-state index contributed by atoms with van der Waals surface area (Å²) in [6, 6.07) is 10.7. The molecule has 29 heavy (non-hydrogen) atoms. The molecule has 1 amide bonds. The van der Waals surface area contributed by atoms with Crippen molar-refractivity contribution in [1.82, 2.24) is 5.43 Å². The average molecular weight is 481 g/mol. The number of ether oxygens (including phenoxy) is 1. The van der Waals surface area contributed by atoms with Gasteiger partial charge in [-0.1, -0.05) is 11.6 Å². The van der Waals surface area contributed by atoms with Crippen LogP contribution in [0.2, 0.25) is 5.02 Å².